The third kappa shape index (κ3) is 4.74. The van der Waals surface area contributed by atoms with Crippen LogP contribution in [0.1, 0.15) is 25.5 Å². The molecular formula is C20H25ClN2O2. The average Bonchev–Trinajstić information content (AvgIpc) is 2.54. The van der Waals surface area contributed by atoms with Crippen LogP contribution < -0.4 is 15.4 Å². The molecule has 0 saturated carbocycles. The van der Waals surface area contributed by atoms with Gasteiger partial charge in [-0.05, 0) is 44.1 Å². The van der Waals surface area contributed by atoms with Crippen molar-refractivity contribution in [1.82, 2.24) is 10.6 Å². The van der Waals surface area contributed by atoms with Crippen LogP contribution in [0.3, 0.4) is 0 Å². The Kier molecular flexibility index (Phi) is 6.85. The number of benzene rings is 2. The molecular weight excluding hydrogens is 336 g/mol. The van der Waals surface area contributed by atoms with Crippen molar-refractivity contribution in [2.24, 2.45) is 11.8 Å². The first-order valence-electron chi connectivity index (χ1n) is 8.48. The SMILES string of the molecule is CC(NC(=O)C(C)C1CNC1)c1ccccc1Oc1ccccc1.Cl. The molecule has 2 N–H and O–H groups in total. The minimum atomic E-state index is -0.104. The van der Waals surface area contributed by atoms with Crippen LogP contribution in [0.2, 0.25) is 0 Å². The quantitative estimate of drug-likeness (QED) is 0.820. The molecule has 0 aromatic heterocycles. The maximum absolute atomic E-state index is 12.5. The number of rotatable bonds is 6. The number of carbonyl (C=O) groups is 1. The molecule has 2 aromatic carbocycles. The van der Waals surface area contributed by atoms with E-state index in [9.17, 15) is 4.79 Å². The number of amides is 1. The lowest BCUT2D eigenvalue weighted by molar-refractivity contribution is -0.127. The third-order valence-electron chi connectivity index (χ3n) is 4.65. The lowest BCUT2D eigenvalue weighted by Crippen LogP contribution is -2.49. The fourth-order valence-electron chi connectivity index (χ4n) is 2.85. The van der Waals surface area contributed by atoms with Gasteiger partial charge in [-0.25, -0.2) is 0 Å². The molecule has 1 heterocycles. The van der Waals surface area contributed by atoms with E-state index in [1.807, 2.05) is 68.4 Å². The monoisotopic (exact) mass is 360 g/mol. The number of hydrogen-bond acceptors (Lipinski definition) is 3. The van der Waals surface area contributed by atoms with Gasteiger partial charge in [-0.2, -0.15) is 0 Å². The van der Waals surface area contributed by atoms with Gasteiger partial charge in [0.15, 0.2) is 0 Å². The second-order valence-electron chi connectivity index (χ2n) is 6.39. The van der Waals surface area contributed by atoms with Crippen LogP contribution in [0, 0.1) is 11.8 Å². The van der Waals surface area contributed by atoms with Crippen LogP contribution in [0.25, 0.3) is 0 Å². The topological polar surface area (TPSA) is 50.4 Å². The summed E-state index contributed by atoms with van der Waals surface area (Å²) in [6.45, 7) is 5.85. The second kappa shape index (κ2) is 8.88. The van der Waals surface area contributed by atoms with E-state index in [1.54, 1.807) is 0 Å². The molecule has 2 aromatic rings. The highest BCUT2D eigenvalue weighted by atomic mass is 35.5. The van der Waals surface area contributed by atoms with Crippen molar-refractivity contribution >= 4 is 18.3 Å². The van der Waals surface area contributed by atoms with E-state index in [0.717, 1.165) is 30.2 Å². The van der Waals surface area contributed by atoms with Crippen molar-refractivity contribution in [3.63, 3.8) is 0 Å². The number of carbonyl (C=O) groups excluding carboxylic acids is 1. The maximum atomic E-state index is 12.5. The molecule has 1 fully saturated rings. The Morgan fingerprint density at radius 1 is 1.08 bits per heavy atom. The molecule has 0 spiro atoms. The highest BCUT2D eigenvalue weighted by Crippen LogP contribution is 2.29. The van der Waals surface area contributed by atoms with Gasteiger partial charge in [0.05, 0.1) is 6.04 Å². The highest BCUT2D eigenvalue weighted by molar-refractivity contribution is 5.85. The highest BCUT2D eigenvalue weighted by Gasteiger charge is 2.29. The normalized spacial score (nSPS) is 16.1. The lowest BCUT2D eigenvalue weighted by atomic mass is 9.88. The Morgan fingerprint density at radius 2 is 1.72 bits per heavy atom. The van der Waals surface area contributed by atoms with E-state index in [0.29, 0.717) is 5.92 Å². The van der Waals surface area contributed by atoms with Crippen molar-refractivity contribution in [3.05, 3.63) is 60.2 Å². The summed E-state index contributed by atoms with van der Waals surface area (Å²) in [5, 5.41) is 6.34. The number of ether oxygens (including phenoxy) is 1. The van der Waals surface area contributed by atoms with Gasteiger partial charge in [-0.3, -0.25) is 4.79 Å². The molecule has 2 atom stereocenters. The number of halogens is 1. The van der Waals surface area contributed by atoms with E-state index in [-0.39, 0.29) is 30.3 Å². The van der Waals surface area contributed by atoms with Gasteiger partial charge in [-0.15, -0.1) is 12.4 Å². The van der Waals surface area contributed by atoms with Gasteiger partial charge < -0.3 is 15.4 Å². The fraction of sp³-hybridized carbons (Fsp3) is 0.350. The van der Waals surface area contributed by atoms with E-state index < -0.39 is 0 Å². The minimum Gasteiger partial charge on any atom is -0.457 e. The maximum Gasteiger partial charge on any atom is 0.223 e. The molecule has 1 aliphatic rings. The molecule has 1 saturated heterocycles. The molecule has 4 nitrogen and oxygen atoms in total. The first-order chi connectivity index (χ1) is 11.6. The van der Waals surface area contributed by atoms with Crippen LogP contribution in [0.15, 0.2) is 54.6 Å². The van der Waals surface area contributed by atoms with Crippen molar-refractivity contribution in [1.29, 1.82) is 0 Å². The Labute approximate surface area is 155 Å². The number of hydrogen-bond donors (Lipinski definition) is 2. The van der Waals surface area contributed by atoms with Crippen LogP contribution in [0.4, 0.5) is 0 Å². The second-order valence-corrected chi connectivity index (χ2v) is 6.39. The van der Waals surface area contributed by atoms with Gasteiger partial charge in [0.2, 0.25) is 5.91 Å². The lowest BCUT2D eigenvalue weighted by Gasteiger charge is -2.32. The van der Waals surface area contributed by atoms with Gasteiger partial charge in [0.25, 0.3) is 0 Å². The van der Waals surface area contributed by atoms with Crippen LogP contribution >= 0.6 is 12.4 Å². The van der Waals surface area contributed by atoms with Gasteiger partial charge in [0.1, 0.15) is 11.5 Å². The first kappa shape index (κ1) is 19.3. The predicted octanol–water partition coefficient (Wildman–Crippen LogP) is 3.93. The summed E-state index contributed by atoms with van der Waals surface area (Å²) < 4.78 is 5.99. The molecule has 0 radical (unpaired) electrons. The summed E-state index contributed by atoms with van der Waals surface area (Å²) in [4.78, 5) is 12.5. The van der Waals surface area contributed by atoms with Crippen LogP contribution in [-0.2, 0) is 4.79 Å². The van der Waals surface area contributed by atoms with Crippen LogP contribution in [0.5, 0.6) is 11.5 Å². The summed E-state index contributed by atoms with van der Waals surface area (Å²) in [5.74, 6) is 2.12. The fourth-order valence-corrected chi connectivity index (χ4v) is 2.85. The standard InChI is InChI=1S/C20H24N2O2.ClH/c1-14(16-12-21-13-16)20(23)22-15(2)18-10-6-7-11-19(18)24-17-8-4-3-5-9-17;/h3-11,14-16,21H,12-13H2,1-2H3,(H,22,23);1H. The van der Waals surface area contributed by atoms with Gasteiger partial charge in [0, 0.05) is 11.5 Å². The third-order valence-corrected chi connectivity index (χ3v) is 4.65. The van der Waals surface area contributed by atoms with Crippen LogP contribution in [-0.4, -0.2) is 19.0 Å². The largest absolute Gasteiger partial charge is 0.457 e. The zero-order chi connectivity index (χ0) is 16.9. The summed E-state index contributed by atoms with van der Waals surface area (Å²) in [6.07, 6.45) is 0. The summed E-state index contributed by atoms with van der Waals surface area (Å²) in [6, 6.07) is 17.4. The minimum absolute atomic E-state index is 0. The molecule has 3 rings (SSSR count). The van der Waals surface area contributed by atoms with Crippen molar-refractivity contribution in [2.45, 2.75) is 19.9 Å². The summed E-state index contributed by atoms with van der Waals surface area (Å²) in [5.41, 5.74) is 0.980. The molecule has 0 aliphatic carbocycles. The molecule has 5 heteroatoms. The van der Waals surface area contributed by atoms with Crippen molar-refractivity contribution in [3.8, 4) is 11.5 Å². The number of para-hydroxylation sites is 2. The Hall–Kier alpha value is -2.04. The predicted molar refractivity (Wildman–Crippen MR) is 102 cm³/mol. The van der Waals surface area contributed by atoms with Gasteiger partial charge in [-0.1, -0.05) is 43.3 Å². The Balaban J connectivity index is 0.00000225. The average molecular weight is 361 g/mol. The van der Waals surface area contributed by atoms with E-state index in [2.05, 4.69) is 10.6 Å². The molecule has 1 aliphatic heterocycles. The smallest absolute Gasteiger partial charge is 0.223 e. The molecule has 0 bridgehead atoms. The van der Waals surface area contributed by atoms with E-state index >= 15 is 0 Å². The molecule has 25 heavy (non-hydrogen) atoms. The van der Waals surface area contributed by atoms with E-state index in [1.165, 1.54) is 0 Å². The molecule has 2 unspecified atom stereocenters. The van der Waals surface area contributed by atoms with E-state index in [4.69, 9.17) is 4.74 Å². The van der Waals surface area contributed by atoms with Gasteiger partial charge >= 0.3 is 0 Å². The van der Waals surface area contributed by atoms with Crippen molar-refractivity contribution < 1.29 is 9.53 Å². The Bertz CT molecular complexity index is 689. The summed E-state index contributed by atoms with van der Waals surface area (Å²) >= 11 is 0. The zero-order valence-corrected chi connectivity index (χ0v) is 15.4. The first-order valence-corrected chi connectivity index (χ1v) is 8.48. The molecule has 1 amide bonds. The zero-order valence-electron chi connectivity index (χ0n) is 14.6. The summed E-state index contributed by atoms with van der Waals surface area (Å²) in [7, 11) is 0. The Morgan fingerprint density at radius 3 is 2.36 bits per heavy atom. The number of nitrogens with one attached hydrogen (secondary N) is 2. The molecule has 134 valence electrons. The van der Waals surface area contributed by atoms with Crippen molar-refractivity contribution in [2.75, 3.05) is 13.1 Å².